The van der Waals surface area contributed by atoms with Gasteiger partial charge in [-0.1, -0.05) is 30.3 Å². The molecule has 0 aliphatic heterocycles. The number of halogens is 1. The van der Waals surface area contributed by atoms with E-state index in [-0.39, 0.29) is 33.7 Å². The van der Waals surface area contributed by atoms with Crippen LogP contribution in [0.2, 0.25) is 0 Å². The lowest BCUT2D eigenvalue weighted by Gasteiger charge is -2.19. The molecule has 0 spiro atoms. The van der Waals surface area contributed by atoms with Gasteiger partial charge >= 0.3 is 0 Å². The zero-order chi connectivity index (χ0) is 25.0. The SMILES string of the molecule is Cc1cc(S(=O)(=O)Nc2ccc(C(=O)NC(Cc3ccccc3)C(=O)NC3CC3)cc2)ccc1F. The average Bonchev–Trinajstić information content (AvgIpc) is 3.65. The average molecular weight is 496 g/mol. The van der Waals surface area contributed by atoms with Crippen LogP contribution in [0.3, 0.4) is 0 Å². The van der Waals surface area contributed by atoms with E-state index >= 15 is 0 Å². The van der Waals surface area contributed by atoms with Crippen LogP contribution in [0.4, 0.5) is 10.1 Å². The number of carbonyl (C=O) groups is 2. The lowest BCUT2D eigenvalue weighted by atomic mass is 10.0. The Morgan fingerprint density at radius 1 is 1.00 bits per heavy atom. The highest BCUT2D eigenvalue weighted by Crippen LogP contribution is 2.20. The molecule has 1 atom stereocenters. The molecule has 0 heterocycles. The molecule has 1 unspecified atom stereocenters. The van der Waals surface area contributed by atoms with E-state index in [0.717, 1.165) is 24.5 Å². The van der Waals surface area contributed by atoms with Gasteiger partial charge in [-0.2, -0.15) is 0 Å². The first-order chi connectivity index (χ1) is 16.7. The van der Waals surface area contributed by atoms with Gasteiger partial charge in [0, 0.05) is 23.7 Å². The summed E-state index contributed by atoms with van der Waals surface area (Å²) < 4.78 is 41.1. The van der Waals surface area contributed by atoms with Gasteiger partial charge in [0.15, 0.2) is 0 Å². The van der Waals surface area contributed by atoms with E-state index in [4.69, 9.17) is 0 Å². The first-order valence-electron chi connectivity index (χ1n) is 11.3. The number of nitrogens with one attached hydrogen (secondary N) is 3. The fourth-order valence-electron chi connectivity index (χ4n) is 3.52. The van der Waals surface area contributed by atoms with Gasteiger partial charge in [0.25, 0.3) is 15.9 Å². The van der Waals surface area contributed by atoms with Crippen molar-refractivity contribution < 1.29 is 22.4 Å². The molecular formula is C26H26FN3O4S. The van der Waals surface area contributed by atoms with Crippen LogP contribution in [-0.2, 0) is 21.2 Å². The van der Waals surface area contributed by atoms with Crippen LogP contribution < -0.4 is 15.4 Å². The molecule has 2 amide bonds. The Labute approximate surface area is 203 Å². The van der Waals surface area contributed by atoms with Gasteiger partial charge in [0.05, 0.1) is 4.90 Å². The van der Waals surface area contributed by atoms with Crippen molar-refractivity contribution in [3.63, 3.8) is 0 Å². The minimum Gasteiger partial charge on any atom is -0.352 e. The lowest BCUT2D eigenvalue weighted by molar-refractivity contribution is -0.123. The monoisotopic (exact) mass is 495 g/mol. The van der Waals surface area contributed by atoms with Crippen molar-refractivity contribution in [3.05, 3.63) is 95.3 Å². The molecule has 0 aromatic heterocycles. The minimum atomic E-state index is -3.93. The van der Waals surface area contributed by atoms with Gasteiger partial charge in [-0.3, -0.25) is 14.3 Å². The van der Waals surface area contributed by atoms with E-state index in [1.807, 2.05) is 30.3 Å². The fraction of sp³-hybridized carbons (Fsp3) is 0.231. The van der Waals surface area contributed by atoms with Crippen molar-refractivity contribution in [2.75, 3.05) is 4.72 Å². The predicted octanol–water partition coefficient (Wildman–Crippen LogP) is 3.55. The number of hydrogen-bond acceptors (Lipinski definition) is 4. The lowest BCUT2D eigenvalue weighted by Crippen LogP contribution is -2.48. The Balaban J connectivity index is 1.44. The van der Waals surface area contributed by atoms with E-state index in [1.54, 1.807) is 0 Å². The van der Waals surface area contributed by atoms with E-state index in [9.17, 15) is 22.4 Å². The van der Waals surface area contributed by atoms with Gasteiger partial charge in [-0.15, -0.1) is 0 Å². The number of hydrogen-bond donors (Lipinski definition) is 3. The Kier molecular flexibility index (Phi) is 7.16. The summed E-state index contributed by atoms with van der Waals surface area (Å²) in [6.45, 7) is 1.48. The number of rotatable bonds is 9. The summed E-state index contributed by atoms with van der Waals surface area (Å²) in [6.07, 6.45) is 2.22. The van der Waals surface area contributed by atoms with Crippen LogP contribution in [0.25, 0.3) is 0 Å². The molecule has 0 saturated heterocycles. The summed E-state index contributed by atoms with van der Waals surface area (Å²) in [6, 6.07) is 18.2. The third-order valence-corrected chi connectivity index (χ3v) is 7.05. The summed E-state index contributed by atoms with van der Waals surface area (Å²) in [7, 11) is -3.93. The number of aryl methyl sites for hydroxylation is 1. The van der Waals surface area contributed by atoms with E-state index in [0.29, 0.717) is 6.42 Å². The zero-order valence-corrected chi connectivity index (χ0v) is 19.9. The number of benzene rings is 3. The molecular weight excluding hydrogens is 469 g/mol. The fourth-order valence-corrected chi connectivity index (χ4v) is 4.66. The molecule has 0 radical (unpaired) electrons. The largest absolute Gasteiger partial charge is 0.352 e. The van der Waals surface area contributed by atoms with E-state index in [1.165, 1.54) is 43.3 Å². The number of amides is 2. The summed E-state index contributed by atoms with van der Waals surface area (Å²) in [4.78, 5) is 25.5. The summed E-state index contributed by atoms with van der Waals surface area (Å²) in [5, 5.41) is 5.73. The second-order valence-electron chi connectivity index (χ2n) is 8.59. The highest BCUT2D eigenvalue weighted by atomic mass is 32.2. The second-order valence-corrected chi connectivity index (χ2v) is 10.3. The first-order valence-corrected chi connectivity index (χ1v) is 12.7. The number of sulfonamides is 1. The molecule has 9 heteroatoms. The van der Waals surface area contributed by atoms with E-state index in [2.05, 4.69) is 15.4 Å². The molecule has 1 fully saturated rings. The molecule has 7 nitrogen and oxygen atoms in total. The van der Waals surface area contributed by atoms with Crippen LogP contribution in [0.15, 0.2) is 77.7 Å². The normalized spacial score (nSPS) is 14.1. The van der Waals surface area contributed by atoms with Gasteiger partial charge in [0.1, 0.15) is 11.9 Å². The molecule has 182 valence electrons. The maximum absolute atomic E-state index is 13.5. The Morgan fingerprint density at radius 3 is 2.31 bits per heavy atom. The molecule has 3 aromatic rings. The third kappa shape index (κ3) is 6.45. The van der Waals surface area contributed by atoms with Crippen LogP contribution in [-0.4, -0.2) is 32.3 Å². The van der Waals surface area contributed by atoms with Crippen LogP contribution in [0, 0.1) is 12.7 Å². The maximum atomic E-state index is 13.5. The van der Waals surface area contributed by atoms with Gasteiger partial charge in [-0.05, 0) is 73.4 Å². The van der Waals surface area contributed by atoms with Crippen molar-refractivity contribution >= 4 is 27.5 Å². The highest BCUT2D eigenvalue weighted by molar-refractivity contribution is 7.92. The Bertz CT molecular complexity index is 1320. The molecule has 1 aliphatic carbocycles. The molecule has 1 saturated carbocycles. The third-order valence-electron chi connectivity index (χ3n) is 5.67. The summed E-state index contributed by atoms with van der Waals surface area (Å²) in [5.74, 6) is -1.17. The van der Waals surface area contributed by atoms with Crippen molar-refractivity contribution in [3.8, 4) is 0 Å². The van der Waals surface area contributed by atoms with Crippen molar-refractivity contribution in [2.45, 2.75) is 43.2 Å². The summed E-state index contributed by atoms with van der Waals surface area (Å²) in [5.41, 5.74) is 1.67. The molecule has 1 aliphatic rings. The molecule has 0 bridgehead atoms. The standard InChI is InChI=1S/C26H26FN3O4S/c1-17-15-22(13-14-23(17)27)35(33,34)30-21-9-7-19(8-10-21)25(31)29-24(26(32)28-20-11-12-20)16-18-5-3-2-4-6-18/h2-10,13-15,20,24,30H,11-12,16H2,1H3,(H,28,32)(H,29,31). The van der Waals surface area contributed by atoms with Gasteiger partial charge in [0.2, 0.25) is 5.91 Å². The van der Waals surface area contributed by atoms with E-state index < -0.39 is 27.8 Å². The smallest absolute Gasteiger partial charge is 0.261 e. The Morgan fingerprint density at radius 2 is 1.69 bits per heavy atom. The topological polar surface area (TPSA) is 104 Å². The zero-order valence-electron chi connectivity index (χ0n) is 19.1. The highest BCUT2D eigenvalue weighted by Gasteiger charge is 2.28. The van der Waals surface area contributed by atoms with Crippen molar-refractivity contribution in [2.24, 2.45) is 0 Å². The predicted molar refractivity (Wildman–Crippen MR) is 131 cm³/mol. The minimum absolute atomic E-state index is 0.0661. The van der Waals surface area contributed by atoms with Gasteiger partial charge < -0.3 is 10.6 Å². The van der Waals surface area contributed by atoms with Crippen molar-refractivity contribution in [1.82, 2.24) is 10.6 Å². The van der Waals surface area contributed by atoms with Crippen LogP contribution in [0.1, 0.15) is 34.3 Å². The molecule has 4 rings (SSSR count). The molecule has 3 aromatic carbocycles. The Hall–Kier alpha value is -3.72. The van der Waals surface area contributed by atoms with Gasteiger partial charge in [-0.25, -0.2) is 12.8 Å². The maximum Gasteiger partial charge on any atom is 0.261 e. The van der Waals surface area contributed by atoms with Crippen molar-refractivity contribution in [1.29, 1.82) is 0 Å². The second kappa shape index (κ2) is 10.3. The van der Waals surface area contributed by atoms with Crippen LogP contribution in [0.5, 0.6) is 0 Å². The first kappa shape index (κ1) is 24.4. The van der Waals surface area contributed by atoms with Crippen LogP contribution >= 0.6 is 0 Å². The molecule has 35 heavy (non-hydrogen) atoms. The number of carbonyl (C=O) groups excluding carboxylic acids is 2. The summed E-state index contributed by atoms with van der Waals surface area (Å²) >= 11 is 0. The number of anilines is 1. The molecule has 3 N–H and O–H groups in total. The quantitative estimate of drug-likeness (QED) is 0.422.